The second kappa shape index (κ2) is 18.3. The lowest BCUT2D eigenvalue weighted by Gasteiger charge is -2.38. The van der Waals surface area contributed by atoms with E-state index in [1.54, 1.807) is 39.8 Å². The van der Waals surface area contributed by atoms with Crippen molar-refractivity contribution in [1.29, 1.82) is 0 Å². The second-order valence-corrected chi connectivity index (χ2v) is 13.7. The van der Waals surface area contributed by atoms with Crippen LogP contribution in [0, 0.1) is 30.6 Å². The Morgan fingerprint density at radius 3 is 2.28 bits per heavy atom. The fourth-order valence-electron chi connectivity index (χ4n) is 6.51. The van der Waals surface area contributed by atoms with E-state index < -0.39 is 94.4 Å². The summed E-state index contributed by atoms with van der Waals surface area (Å²) >= 11 is 0. The van der Waals surface area contributed by atoms with E-state index in [0.717, 1.165) is 18.5 Å². The molecule has 1 aromatic rings. The van der Waals surface area contributed by atoms with Crippen LogP contribution in [-0.2, 0) is 28.6 Å². The average molecular weight is 757 g/mol. The van der Waals surface area contributed by atoms with Crippen LogP contribution in [0.15, 0.2) is 53.6 Å². The van der Waals surface area contributed by atoms with Gasteiger partial charge in [-0.25, -0.2) is 0 Å². The van der Waals surface area contributed by atoms with Crippen LogP contribution in [0.5, 0.6) is 11.5 Å². The van der Waals surface area contributed by atoms with Crippen LogP contribution in [0.4, 0.5) is 0 Å². The molecule has 0 radical (unpaired) electrons. The van der Waals surface area contributed by atoms with Crippen molar-refractivity contribution in [2.24, 2.45) is 28.8 Å². The average Bonchev–Trinajstić information content (AvgIpc) is 3.39. The van der Waals surface area contributed by atoms with E-state index in [2.05, 4.69) is 15.3 Å². The van der Waals surface area contributed by atoms with Gasteiger partial charge in [-0.1, -0.05) is 51.1 Å². The van der Waals surface area contributed by atoms with Gasteiger partial charge in [0, 0.05) is 73.6 Å². The van der Waals surface area contributed by atoms with Crippen molar-refractivity contribution in [3.8, 4) is 11.5 Å². The molecule has 15 nitrogen and oxygen atoms in total. The number of nitrogens with one attached hydrogen (secondary N) is 1. The van der Waals surface area contributed by atoms with Gasteiger partial charge in [-0.15, -0.1) is 0 Å². The summed E-state index contributed by atoms with van der Waals surface area (Å²) in [6.45, 7) is 12.4. The van der Waals surface area contributed by atoms with Crippen molar-refractivity contribution in [2.45, 2.75) is 85.6 Å². The number of aliphatic hydroxyl groups is 4. The highest BCUT2D eigenvalue weighted by Crippen LogP contribution is 2.49. The van der Waals surface area contributed by atoms with E-state index in [1.807, 2.05) is 0 Å². The van der Waals surface area contributed by atoms with Crippen LogP contribution < -0.4 is 10.1 Å². The molecule has 3 rings (SSSR count). The van der Waals surface area contributed by atoms with Gasteiger partial charge in [0.15, 0.2) is 0 Å². The van der Waals surface area contributed by atoms with E-state index in [9.17, 15) is 39.9 Å². The molecule has 15 heteroatoms. The summed E-state index contributed by atoms with van der Waals surface area (Å²) in [5.41, 5.74) is -0.812. The summed E-state index contributed by atoms with van der Waals surface area (Å²) < 4.78 is 23.3. The summed E-state index contributed by atoms with van der Waals surface area (Å²) in [6, 6.07) is 0. The van der Waals surface area contributed by atoms with Crippen LogP contribution >= 0.6 is 0 Å². The summed E-state index contributed by atoms with van der Waals surface area (Å²) in [5.74, 6) is -8.65. The van der Waals surface area contributed by atoms with Crippen LogP contribution in [0.1, 0.15) is 75.5 Å². The molecule has 2 aliphatic rings. The first-order chi connectivity index (χ1) is 25.3. The van der Waals surface area contributed by atoms with Crippen LogP contribution in [0.2, 0.25) is 0 Å². The third-order valence-corrected chi connectivity index (χ3v) is 9.81. The fourth-order valence-corrected chi connectivity index (χ4v) is 6.51. The Kier molecular flexibility index (Phi) is 14.6. The number of allylic oxidation sites excluding steroid dienone is 3. The number of benzene rings is 1. The van der Waals surface area contributed by atoms with E-state index in [1.165, 1.54) is 60.3 Å². The van der Waals surface area contributed by atoms with Crippen LogP contribution in [-0.4, -0.2) is 93.8 Å². The Bertz CT molecular complexity index is 1760. The fraction of sp³-hybridized carbons (Fsp3) is 0.487. The zero-order valence-corrected chi connectivity index (χ0v) is 32.2. The number of aromatic hydroxyl groups is 1. The number of fused-ring (bicyclic) bond motifs is 2. The Hall–Kier alpha value is -5.12. The molecule has 2 heterocycles. The Labute approximate surface area is 314 Å². The van der Waals surface area contributed by atoms with Crippen molar-refractivity contribution >= 4 is 35.4 Å². The van der Waals surface area contributed by atoms with Gasteiger partial charge in [-0.2, -0.15) is 0 Å². The zero-order chi connectivity index (χ0) is 40.7. The van der Waals surface area contributed by atoms with Gasteiger partial charge < -0.3 is 54.6 Å². The van der Waals surface area contributed by atoms with E-state index in [-0.39, 0.29) is 28.0 Å². The Morgan fingerprint density at radius 2 is 1.67 bits per heavy atom. The van der Waals surface area contributed by atoms with E-state index >= 15 is 0 Å². The number of phenols is 1. The maximum atomic E-state index is 14.2. The number of carbonyl (C=O) groups is 3. The number of ketones is 1. The number of hydrogen-bond acceptors (Lipinski definition) is 14. The number of methoxy groups -OCH3 is 1. The highest BCUT2D eigenvalue weighted by atomic mass is 16.7. The largest absolute Gasteiger partial charge is 0.507 e. The quantitative estimate of drug-likeness (QED) is 0.103. The number of carbonyl (C=O) groups excluding carboxylic acids is 3. The van der Waals surface area contributed by atoms with Gasteiger partial charge in [-0.05, 0) is 19.9 Å². The molecule has 0 spiro atoms. The van der Waals surface area contributed by atoms with Gasteiger partial charge in [0.1, 0.15) is 36.2 Å². The molecule has 1 aromatic carbocycles. The Morgan fingerprint density at radius 1 is 1.00 bits per heavy atom. The van der Waals surface area contributed by atoms with Crippen molar-refractivity contribution in [3.63, 3.8) is 0 Å². The maximum absolute atomic E-state index is 14.2. The third-order valence-electron chi connectivity index (χ3n) is 9.81. The zero-order valence-electron chi connectivity index (χ0n) is 32.2. The summed E-state index contributed by atoms with van der Waals surface area (Å²) in [5, 5.41) is 62.5. The lowest BCUT2D eigenvalue weighted by molar-refractivity contribution is -0.160. The number of amides is 1. The Balaban J connectivity index is 2.27. The monoisotopic (exact) mass is 756 g/mol. The van der Waals surface area contributed by atoms with Gasteiger partial charge in [0.25, 0.3) is 11.7 Å². The minimum absolute atomic E-state index is 0.00969. The molecular weight excluding hydrogens is 704 g/mol. The number of phenolic OH excluding ortho intramolecular Hbond substituents is 1. The maximum Gasteiger partial charge on any atom is 0.312 e. The van der Waals surface area contributed by atoms with Crippen molar-refractivity contribution in [2.75, 3.05) is 14.2 Å². The van der Waals surface area contributed by atoms with Gasteiger partial charge in [0.05, 0.1) is 41.9 Å². The van der Waals surface area contributed by atoms with Crippen molar-refractivity contribution in [3.05, 3.63) is 70.7 Å². The lowest BCUT2D eigenvalue weighted by Crippen LogP contribution is -2.46. The van der Waals surface area contributed by atoms with Gasteiger partial charge in [-0.3, -0.25) is 14.4 Å². The summed E-state index contributed by atoms with van der Waals surface area (Å²) in [4.78, 5) is 44.1. The predicted molar refractivity (Wildman–Crippen MR) is 199 cm³/mol. The summed E-state index contributed by atoms with van der Waals surface area (Å²) in [6.07, 6.45) is 6.47. The topological polar surface area (TPSA) is 223 Å². The number of oxime groups is 1. The lowest BCUT2D eigenvalue weighted by atomic mass is 9.78. The molecule has 0 aliphatic carbocycles. The van der Waals surface area contributed by atoms with E-state index in [0.29, 0.717) is 0 Å². The number of Topliss-reactive ketones (excluding diaryl/α,β-unsaturated/α-hetero) is 1. The second-order valence-electron chi connectivity index (χ2n) is 13.7. The summed E-state index contributed by atoms with van der Waals surface area (Å²) in [7, 11) is 2.69. The molecule has 1 amide bonds. The number of aliphatic hydroxyl groups excluding tert-OH is 4. The third kappa shape index (κ3) is 9.32. The number of hydrogen-bond donors (Lipinski definition) is 6. The van der Waals surface area contributed by atoms with Gasteiger partial charge >= 0.3 is 11.8 Å². The normalized spacial score (nSPS) is 33.3. The molecule has 0 aromatic heterocycles. The number of esters is 1. The minimum Gasteiger partial charge on any atom is -0.507 e. The first kappa shape index (κ1) is 43.3. The molecule has 54 heavy (non-hydrogen) atoms. The van der Waals surface area contributed by atoms with Crippen molar-refractivity contribution < 1.29 is 63.7 Å². The molecular formula is C39H52N2O13. The standard InChI is InChI=1S/C39H52N2O13/c1-19-12-11-13-20(2)38(49)40-18-27(44)30-29(26(43)14-16-41-51-10)31-36(24(6)34(30)47)54-39(8,37(31)48)52-17-15-28(50-9)21(3)35(53-25(7)42)23(5)33(46)22(4)32(19)45/h11-19,21-23,28,32-33,35,43-47H,1-10H3,(H,40,49)/b12-11+,17-15+,20-13-,26-14-,27-18-,41-16+/t19-,21+,22+,23+,28-,32-,33+,35+,39-/m0/s1. The molecule has 3 bridgehead atoms. The minimum atomic E-state index is -2.07. The molecule has 0 saturated heterocycles. The number of rotatable bonds is 5. The van der Waals surface area contributed by atoms with Crippen LogP contribution in [0.3, 0.4) is 0 Å². The molecule has 0 fully saturated rings. The van der Waals surface area contributed by atoms with Gasteiger partial charge in [0.2, 0.25) is 0 Å². The molecule has 0 saturated carbocycles. The van der Waals surface area contributed by atoms with Crippen molar-refractivity contribution in [1.82, 2.24) is 5.32 Å². The number of ether oxygens (including phenoxy) is 4. The predicted octanol–water partition coefficient (Wildman–Crippen LogP) is 4.75. The first-order valence-corrected chi connectivity index (χ1v) is 17.4. The SMILES string of the molecule is CO/N=C/C=C(\O)c1c2c3c(C)c(O)c1/C(O)=C/NC(=O)/C(C)=C\C=C\[C@H](C)[C@H](O)[C@@H](C)[C@@H](O)[C@@H](C)[C@H](OC(C)=O)[C@H](C)[C@@H](OC)/C=C/O[C@@](C)(O3)C2=O. The molecule has 9 atom stereocenters. The smallest absolute Gasteiger partial charge is 0.312 e. The first-order valence-electron chi connectivity index (χ1n) is 17.4. The molecule has 296 valence electrons. The van der Waals surface area contributed by atoms with E-state index in [4.69, 9.17) is 18.9 Å². The van der Waals surface area contributed by atoms with Crippen LogP contribution in [0.25, 0.3) is 11.5 Å². The highest BCUT2D eigenvalue weighted by molar-refractivity contribution is 6.12. The molecule has 6 N–H and O–H groups in total. The highest BCUT2D eigenvalue weighted by Gasteiger charge is 2.50. The molecule has 2 aliphatic heterocycles. The molecule has 0 unspecified atom stereocenters. The number of nitrogens with zero attached hydrogens (tertiary/aromatic N) is 1.